The Bertz CT molecular complexity index is 1440. The Morgan fingerprint density at radius 1 is 1.18 bits per heavy atom. The van der Waals surface area contributed by atoms with Crippen LogP contribution in [0.4, 0.5) is 11.5 Å². The molecule has 0 radical (unpaired) electrons. The highest BCUT2D eigenvalue weighted by Gasteiger charge is 2.20. The summed E-state index contributed by atoms with van der Waals surface area (Å²) in [7, 11) is -0.685. The largest absolute Gasteiger partial charge is 0.452 e. The molecule has 0 saturated carbocycles. The van der Waals surface area contributed by atoms with Crippen molar-refractivity contribution in [2.75, 3.05) is 37.6 Å². The molecule has 4 heterocycles. The van der Waals surface area contributed by atoms with Crippen LogP contribution >= 0.6 is 0 Å². The molecule has 11 heteroatoms. The van der Waals surface area contributed by atoms with Crippen LogP contribution in [0.15, 0.2) is 53.3 Å². The minimum Gasteiger partial charge on any atom is -0.452 e. The van der Waals surface area contributed by atoms with Crippen molar-refractivity contribution in [3.05, 3.63) is 48.9 Å². The first-order valence-electron chi connectivity index (χ1n) is 11.1. The van der Waals surface area contributed by atoms with Crippen LogP contribution in [0.25, 0.3) is 33.4 Å². The molecule has 4 N–H and O–H groups in total. The minimum absolute atomic E-state index is 0.292. The van der Waals surface area contributed by atoms with Gasteiger partial charge in [-0.3, -0.25) is 9.40 Å². The Balaban J connectivity index is 1.51. The van der Waals surface area contributed by atoms with Crippen LogP contribution in [0.3, 0.4) is 0 Å². The van der Waals surface area contributed by atoms with Crippen molar-refractivity contribution in [2.24, 2.45) is 0 Å². The molecule has 0 bridgehead atoms. The molecule has 0 atom stereocenters. The van der Waals surface area contributed by atoms with Crippen molar-refractivity contribution < 1.29 is 12.8 Å². The third-order valence-corrected chi connectivity index (χ3v) is 7.51. The second kappa shape index (κ2) is 8.75. The molecule has 4 aromatic rings. The SMILES string of the molecule is CN(C)S(=O)(=O)Nc1cccc(-c2cc3c(-c4cnn(C5CCNCC5)c4)cnc(N)c3o2)c1. The fourth-order valence-corrected chi connectivity index (χ4v) is 4.75. The summed E-state index contributed by atoms with van der Waals surface area (Å²) in [5, 5.41) is 8.80. The lowest BCUT2D eigenvalue weighted by Gasteiger charge is -2.22. The average Bonchev–Trinajstić information content (AvgIpc) is 3.48. The number of benzene rings is 1. The fourth-order valence-electron chi connectivity index (χ4n) is 4.14. The monoisotopic (exact) mass is 481 g/mol. The van der Waals surface area contributed by atoms with Crippen LogP contribution in [-0.4, -0.2) is 54.7 Å². The topological polar surface area (TPSA) is 131 Å². The van der Waals surface area contributed by atoms with Crippen molar-refractivity contribution >= 4 is 32.7 Å². The number of fused-ring (bicyclic) bond motifs is 1. The number of piperidine rings is 1. The van der Waals surface area contributed by atoms with Gasteiger partial charge in [0.15, 0.2) is 11.4 Å². The second-order valence-electron chi connectivity index (χ2n) is 8.57. The highest BCUT2D eigenvalue weighted by Crippen LogP contribution is 2.37. The van der Waals surface area contributed by atoms with Crippen molar-refractivity contribution in [1.82, 2.24) is 24.4 Å². The molecule has 5 rings (SSSR count). The Hall–Kier alpha value is -3.41. The van der Waals surface area contributed by atoms with E-state index in [1.807, 2.05) is 29.2 Å². The summed E-state index contributed by atoms with van der Waals surface area (Å²) in [5.74, 6) is 0.854. The lowest BCUT2D eigenvalue weighted by molar-refractivity contribution is 0.343. The minimum atomic E-state index is -3.62. The molecule has 0 aliphatic carbocycles. The number of aromatic nitrogens is 3. The van der Waals surface area contributed by atoms with E-state index in [1.165, 1.54) is 14.1 Å². The quantitative estimate of drug-likeness (QED) is 0.386. The zero-order valence-electron chi connectivity index (χ0n) is 19.0. The van der Waals surface area contributed by atoms with E-state index < -0.39 is 10.2 Å². The summed E-state index contributed by atoms with van der Waals surface area (Å²) in [6, 6.07) is 9.30. The number of pyridine rings is 1. The van der Waals surface area contributed by atoms with Gasteiger partial charge in [0, 0.05) is 48.6 Å². The van der Waals surface area contributed by atoms with Gasteiger partial charge in [0.05, 0.1) is 17.9 Å². The van der Waals surface area contributed by atoms with Gasteiger partial charge in [-0.05, 0) is 44.1 Å². The fraction of sp³-hybridized carbons (Fsp3) is 0.304. The molecule has 1 aliphatic heterocycles. The van der Waals surface area contributed by atoms with E-state index in [9.17, 15) is 8.42 Å². The van der Waals surface area contributed by atoms with E-state index in [4.69, 9.17) is 10.2 Å². The van der Waals surface area contributed by atoms with E-state index in [2.05, 4.69) is 20.1 Å². The standard InChI is InChI=1S/C23H27N7O3S/c1-29(2)34(31,32)28-17-5-3-4-15(10-17)21-11-19-20(13-26-23(24)22(19)33-21)16-12-27-30(14-16)18-6-8-25-9-7-18/h3-5,10-14,18,25,28H,6-9H2,1-2H3,(H2,24,26). The first-order valence-corrected chi connectivity index (χ1v) is 12.5. The molecular formula is C23H27N7O3S. The second-order valence-corrected chi connectivity index (χ2v) is 10.5. The molecule has 1 saturated heterocycles. The van der Waals surface area contributed by atoms with Crippen LogP contribution in [0.1, 0.15) is 18.9 Å². The van der Waals surface area contributed by atoms with Crippen molar-refractivity contribution in [3.63, 3.8) is 0 Å². The Morgan fingerprint density at radius 2 is 1.97 bits per heavy atom. The molecule has 1 aliphatic rings. The van der Waals surface area contributed by atoms with Gasteiger partial charge in [-0.2, -0.15) is 17.8 Å². The lowest BCUT2D eigenvalue weighted by atomic mass is 10.1. The predicted octanol–water partition coefficient (Wildman–Crippen LogP) is 3.08. The number of nitrogens with two attached hydrogens (primary N) is 1. The number of nitrogens with one attached hydrogen (secondary N) is 2. The van der Waals surface area contributed by atoms with Crippen molar-refractivity contribution in [2.45, 2.75) is 18.9 Å². The zero-order chi connectivity index (χ0) is 23.9. The third-order valence-electron chi connectivity index (χ3n) is 6.06. The number of hydrogen-bond donors (Lipinski definition) is 3. The third kappa shape index (κ3) is 4.25. The molecule has 0 amide bonds. The van der Waals surface area contributed by atoms with E-state index in [-0.39, 0.29) is 0 Å². The molecular weight excluding hydrogens is 454 g/mol. The number of furan rings is 1. The van der Waals surface area contributed by atoms with Gasteiger partial charge in [0.2, 0.25) is 0 Å². The maximum absolute atomic E-state index is 12.2. The van der Waals surface area contributed by atoms with Crippen molar-refractivity contribution in [3.8, 4) is 22.5 Å². The molecule has 178 valence electrons. The molecule has 0 spiro atoms. The van der Waals surface area contributed by atoms with Gasteiger partial charge in [-0.15, -0.1) is 0 Å². The maximum atomic E-state index is 12.2. The van der Waals surface area contributed by atoms with E-state index >= 15 is 0 Å². The normalized spacial score (nSPS) is 15.3. The maximum Gasteiger partial charge on any atom is 0.301 e. The smallest absolute Gasteiger partial charge is 0.301 e. The number of nitrogen functional groups attached to an aromatic ring is 1. The molecule has 34 heavy (non-hydrogen) atoms. The average molecular weight is 482 g/mol. The highest BCUT2D eigenvalue weighted by atomic mass is 32.2. The van der Waals surface area contributed by atoms with Crippen LogP contribution in [0, 0.1) is 0 Å². The van der Waals surface area contributed by atoms with Crippen LogP contribution in [0.5, 0.6) is 0 Å². The number of nitrogens with zero attached hydrogens (tertiary/aromatic N) is 4. The summed E-state index contributed by atoms with van der Waals surface area (Å²) < 4.78 is 36.2. The lowest BCUT2D eigenvalue weighted by Crippen LogP contribution is -2.29. The first-order chi connectivity index (χ1) is 16.3. The van der Waals surface area contributed by atoms with Gasteiger partial charge in [-0.1, -0.05) is 12.1 Å². The van der Waals surface area contributed by atoms with Gasteiger partial charge in [0.1, 0.15) is 5.76 Å². The Labute approximate surface area is 197 Å². The summed E-state index contributed by atoms with van der Waals surface area (Å²) in [4.78, 5) is 4.34. The van der Waals surface area contributed by atoms with E-state index in [1.54, 1.807) is 24.4 Å². The summed E-state index contributed by atoms with van der Waals surface area (Å²) >= 11 is 0. The molecule has 0 unspecified atom stereocenters. The Morgan fingerprint density at radius 3 is 2.74 bits per heavy atom. The highest BCUT2D eigenvalue weighted by molar-refractivity contribution is 7.90. The summed E-state index contributed by atoms with van der Waals surface area (Å²) in [6.45, 7) is 1.98. The first kappa shape index (κ1) is 22.4. The number of anilines is 2. The summed E-state index contributed by atoms with van der Waals surface area (Å²) in [5.41, 5.74) is 9.59. The summed E-state index contributed by atoms with van der Waals surface area (Å²) in [6.07, 6.45) is 7.72. The van der Waals surface area contributed by atoms with Crippen LogP contribution < -0.4 is 15.8 Å². The molecule has 1 fully saturated rings. The molecule has 1 aromatic carbocycles. The van der Waals surface area contributed by atoms with Crippen molar-refractivity contribution in [1.29, 1.82) is 0 Å². The molecule has 3 aromatic heterocycles. The Kier molecular flexibility index (Phi) is 5.76. The van der Waals surface area contributed by atoms with Gasteiger partial charge in [0.25, 0.3) is 0 Å². The van der Waals surface area contributed by atoms with E-state index in [0.29, 0.717) is 34.5 Å². The predicted molar refractivity (Wildman–Crippen MR) is 132 cm³/mol. The van der Waals surface area contributed by atoms with Crippen LogP contribution in [-0.2, 0) is 10.2 Å². The van der Waals surface area contributed by atoms with Gasteiger partial charge < -0.3 is 15.5 Å². The van der Waals surface area contributed by atoms with Crippen LogP contribution in [0.2, 0.25) is 0 Å². The van der Waals surface area contributed by atoms with E-state index in [0.717, 1.165) is 46.7 Å². The zero-order valence-corrected chi connectivity index (χ0v) is 19.8. The number of rotatable bonds is 6. The number of hydrogen-bond acceptors (Lipinski definition) is 7. The molecule has 10 nitrogen and oxygen atoms in total. The van der Waals surface area contributed by atoms with Gasteiger partial charge >= 0.3 is 10.2 Å². The van der Waals surface area contributed by atoms with Gasteiger partial charge in [-0.25, -0.2) is 4.98 Å².